The van der Waals surface area contributed by atoms with Gasteiger partial charge in [0.15, 0.2) is 0 Å². The smallest absolute Gasteiger partial charge is 0.271 e. The van der Waals surface area contributed by atoms with Gasteiger partial charge in [0.05, 0.1) is 21.3 Å². The minimum absolute atomic E-state index is 0.0157. The number of nitrogens with zero attached hydrogens (tertiary/aromatic N) is 1. The molecule has 0 radical (unpaired) electrons. The molecule has 0 spiro atoms. The first-order chi connectivity index (χ1) is 10.5. The molecule has 22 heavy (non-hydrogen) atoms. The lowest BCUT2D eigenvalue weighted by atomic mass is 10.1. The highest BCUT2D eigenvalue weighted by Crippen LogP contribution is 2.24. The lowest BCUT2D eigenvalue weighted by molar-refractivity contribution is -0.384. The molecule has 2 rings (SSSR count). The quantitative estimate of drug-likeness (QED) is 0.379. The van der Waals surface area contributed by atoms with Crippen molar-refractivity contribution in [3.63, 3.8) is 0 Å². The van der Waals surface area contributed by atoms with E-state index in [1.807, 2.05) is 6.92 Å². The Bertz CT molecular complexity index is 699. The van der Waals surface area contributed by atoms with Gasteiger partial charge in [-0.3, -0.25) is 10.1 Å². The van der Waals surface area contributed by atoms with Gasteiger partial charge >= 0.3 is 0 Å². The van der Waals surface area contributed by atoms with Gasteiger partial charge in [-0.05, 0) is 25.0 Å². The number of nitro benzene ring substituents is 1. The molecule has 2 aromatic rings. The summed E-state index contributed by atoms with van der Waals surface area (Å²) in [5.41, 5.74) is 9.12. The summed E-state index contributed by atoms with van der Waals surface area (Å²) in [4.78, 5) is 10.9. The Morgan fingerprint density at radius 1 is 1.27 bits per heavy atom. The number of benzene rings is 2. The van der Waals surface area contributed by atoms with Gasteiger partial charge in [-0.1, -0.05) is 42.0 Å². The second-order valence-electron chi connectivity index (χ2n) is 5.06. The van der Waals surface area contributed by atoms with E-state index in [9.17, 15) is 10.1 Å². The van der Waals surface area contributed by atoms with Crippen LogP contribution in [0.5, 0.6) is 0 Å². The monoisotopic (exact) mass is 315 g/mol. The minimum Gasteiger partial charge on any atom is -0.397 e. The van der Waals surface area contributed by atoms with Crippen molar-refractivity contribution >= 4 is 34.3 Å². The Morgan fingerprint density at radius 3 is 2.59 bits per heavy atom. The molecule has 0 heterocycles. The topological polar surface area (TPSA) is 81.2 Å². The summed E-state index contributed by atoms with van der Waals surface area (Å²) >= 11 is 5.29. The van der Waals surface area contributed by atoms with E-state index in [1.54, 1.807) is 0 Å². The maximum Gasteiger partial charge on any atom is 0.271 e. The van der Waals surface area contributed by atoms with Gasteiger partial charge in [-0.15, -0.1) is 0 Å². The molecule has 0 atom stereocenters. The standard InChI is InChI=1S/C16H17N3O2S/c1-11-2-4-12(5-3-11)6-9-16(22)18-15-10-13(19(20)21)7-8-14(15)17/h2-5,7-8,10H,6,9,17H2,1H3,(H,18,22). The van der Waals surface area contributed by atoms with Crippen molar-refractivity contribution in [3.05, 3.63) is 63.7 Å². The highest BCUT2D eigenvalue weighted by Gasteiger charge is 2.10. The molecule has 3 N–H and O–H groups in total. The molecule has 0 aliphatic rings. The Balaban J connectivity index is 1.98. The average molecular weight is 315 g/mol. The fraction of sp³-hybridized carbons (Fsp3) is 0.188. The van der Waals surface area contributed by atoms with Crippen LogP contribution in [0.4, 0.5) is 17.1 Å². The summed E-state index contributed by atoms with van der Waals surface area (Å²) < 4.78 is 0. The number of aryl methyl sites for hydroxylation is 2. The summed E-state index contributed by atoms with van der Waals surface area (Å²) in [5, 5.41) is 13.8. The maximum absolute atomic E-state index is 10.8. The van der Waals surface area contributed by atoms with Gasteiger partial charge < -0.3 is 11.1 Å². The zero-order valence-corrected chi connectivity index (χ0v) is 13.0. The molecule has 6 heteroatoms. The van der Waals surface area contributed by atoms with E-state index in [1.165, 1.54) is 29.3 Å². The SMILES string of the molecule is Cc1ccc(CCC(=S)Nc2cc([N+](=O)[O-])ccc2N)cc1. The maximum atomic E-state index is 10.8. The Hall–Kier alpha value is -2.47. The van der Waals surface area contributed by atoms with E-state index in [-0.39, 0.29) is 5.69 Å². The van der Waals surface area contributed by atoms with Gasteiger partial charge in [0.25, 0.3) is 5.69 Å². The predicted molar refractivity (Wildman–Crippen MR) is 93.2 cm³/mol. The molecule has 0 saturated carbocycles. The van der Waals surface area contributed by atoms with Gasteiger partial charge in [0.1, 0.15) is 0 Å². The first-order valence-corrected chi connectivity index (χ1v) is 7.26. The van der Waals surface area contributed by atoms with E-state index in [2.05, 4.69) is 29.6 Å². The minimum atomic E-state index is -0.458. The molecule has 0 bridgehead atoms. The third kappa shape index (κ3) is 4.26. The molecule has 0 aromatic heterocycles. The molecular weight excluding hydrogens is 298 g/mol. The second-order valence-corrected chi connectivity index (χ2v) is 5.56. The fourth-order valence-electron chi connectivity index (χ4n) is 1.99. The van der Waals surface area contributed by atoms with Crippen LogP contribution in [0, 0.1) is 17.0 Å². The number of thiocarbonyl (C=S) groups is 1. The molecule has 0 unspecified atom stereocenters. The summed E-state index contributed by atoms with van der Waals surface area (Å²) in [7, 11) is 0. The highest BCUT2D eigenvalue weighted by molar-refractivity contribution is 7.80. The van der Waals surface area contributed by atoms with Gasteiger partial charge in [0, 0.05) is 18.6 Å². The zero-order chi connectivity index (χ0) is 16.1. The van der Waals surface area contributed by atoms with E-state index >= 15 is 0 Å². The Kier molecular flexibility index (Phi) is 5.06. The summed E-state index contributed by atoms with van der Waals surface area (Å²) in [6.07, 6.45) is 1.46. The molecule has 2 aromatic carbocycles. The number of nitrogens with one attached hydrogen (secondary N) is 1. The van der Waals surface area contributed by atoms with Gasteiger partial charge in [-0.25, -0.2) is 0 Å². The molecule has 0 aliphatic heterocycles. The lowest BCUT2D eigenvalue weighted by Crippen LogP contribution is -2.11. The van der Waals surface area contributed by atoms with Crippen LogP contribution in [0.2, 0.25) is 0 Å². The van der Waals surface area contributed by atoms with Crippen molar-refractivity contribution in [2.45, 2.75) is 19.8 Å². The number of nitrogens with two attached hydrogens (primary N) is 1. The van der Waals surface area contributed by atoms with Gasteiger partial charge in [0.2, 0.25) is 0 Å². The molecule has 5 nitrogen and oxygen atoms in total. The number of rotatable bonds is 5. The number of nitrogen functional groups attached to an aromatic ring is 1. The number of hydrogen-bond acceptors (Lipinski definition) is 4. The predicted octanol–water partition coefficient (Wildman–Crippen LogP) is 3.86. The third-order valence-electron chi connectivity index (χ3n) is 3.28. The lowest BCUT2D eigenvalue weighted by Gasteiger charge is -2.10. The van der Waals surface area contributed by atoms with Crippen LogP contribution in [-0.2, 0) is 6.42 Å². The Labute approximate surface area is 134 Å². The van der Waals surface area contributed by atoms with E-state index in [0.717, 1.165) is 6.42 Å². The molecule has 114 valence electrons. The second kappa shape index (κ2) is 7.00. The van der Waals surface area contributed by atoms with Crippen molar-refractivity contribution in [2.24, 2.45) is 0 Å². The van der Waals surface area contributed by atoms with E-state index in [4.69, 9.17) is 18.0 Å². The first-order valence-electron chi connectivity index (χ1n) is 6.85. The van der Waals surface area contributed by atoms with Crippen LogP contribution in [0.15, 0.2) is 42.5 Å². The first kappa shape index (κ1) is 15.9. The molecule has 0 saturated heterocycles. The molecular formula is C16H17N3O2S. The van der Waals surface area contributed by atoms with Crippen molar-refractivity contribution < 1.29 is 4.92 Å². The third-order valence-corrected chi connectivity index (χ3v) is 3.59. The van der Waals surface area contributed by atoms with Crippen molar-refractivity contribution in [3.8, 4) is 0 Å². The molecule has 0 fully saturated rings. The van der Waals surface area contributed by atoms with Crippen LogP contribution in [-0.4, -0.2) is 9.91 Å². The summed E-state index contributed by atoms with van der Waals surface area (Å²) in [6, 6.07) is 12.5. The van der Waals surface area contributed by atoms with Crippen LogP contribution in [0.1, 0.15) is 17.5 Å². The van der Waals surface area contributed by atoms with Crippen molar-refractivity contribution in [1.29, 1.82) is 0 Å². The van der Waals surface area contributed by atoms with Crippen LogP contribution in [0.25, 0.3) is 0 Å². The van der Waals surface area contributed by atoms with E-state index < -0.39 is 4.92 Å². The number of hydrogen-bond donors (Lipinski definition) is 2. The van der Waals surface area contributed by atoms with Crippen LogP contribution >= 0.6 is 12.2 Å². The van der Waals surface area contributed by atoms with Crippen LogP contribution in [0.3, 0.4) is 0 Å². The summed E-state index contributed by atoms with van der Waals surface area (Å²) in [5.74, 6) is 0. The van der Waals surface area contributed by atoms with Gasteiger partial charge in [-0.2, -0.15) is 0 Å². The van der Waals surface area contributed by atoms with Crippen molar-refractivity contribution in [1.82, 2.24) is 0 Å². The summed E-state index contributed by atoms with van der Waals surface area (Å²) in [6.45, 7) is 2.04. The Morgan fingerprint density at radius 2 is 1.95 bits per heavy atom. The number of nitro groups is 1. The van der Waals surface area contributed by atoms with Crippen molar-refractivity contribution in [2.75, 3.05) is 11.1 Å². The highest BCUT2D eigenvalue weighted by atomic mass is 32.1. The van der Waals surface area contributed by atoms with E-state index in [0.29, 0.717) is 22.8 Å². The normalized spacial score (nSPS) is 10.2. The average Bonchev–Trinajstić information content (AvgIpc) is 2.48. The molecule has 0 aliphatic carbocycles. The number of anilines is 2. The zero-order valence-electron chi connectivity index (χ0n) is 12.2. The largest absolute Gasteiger partial charge is 0.397 e. The fourth-order valence-corrected chi connectivity index (χ4v) is 2.20. The van der Waals surface area contributed by atoms with Crippen LogP contribution < -0.4 is 11.1 Å². The number of non-ortho nitro benzene ring substituents is 1. The molecule has 0 amide bonds.